The van der Waals surface area contributed by atoms with Crippen molar-refractivity contribution in [2.45, 2.75) is 32.6 Å². The maximum absolute atomic E-state index is 4.57. The molecule has 2 nitrogen and oxygen atoms in total. The largest absolute Gasteiger partial charge is 0.320 e. The Kier molecular flexibility index (Phi) is 4.39. The molecule has 1 rings (SSSR count). The minimum Gasteiger partial charge on any atom is -0.320 e. The van der Waals surface area contributed by atoms with Crippen molar-refractivity contribution in [1.82, 2.24) is 10.3 Å². The average Bonchev–Trinajstić information content (AvgIpc) is 2.53. The highest BCUT2D eigenvalue weighted by Crippen LogP contribution is 2.18. The lowest BCUT2D eigenvalue weighted by molar-refractivity contribution is 0.717. The van der Waals surface area contributed by atoms with Gasteiger partial charge in [0.2, 0.25) is 0 Å². The van der Waals surface area contributed by atoms with E-state index in [0.717, 1.165) is 13.0 Å². The van der Waals surface area contributed by atoms with Crippen molar-refractivity contribution in [1.29, 1.82) is 0 Å². The van der Waals surface area contributed by atoms with Gasteiger partial charge in [-0.2, -0.15) is 0 Å². The zero-order valence-electron chi connectivity index (χ0n) is 8.63. The van der Waals surface area contributed by atoms with E-state index in [-0.39, 0.29) is 0 Å². The summed E-state index contributed by atoms with van der Waals surface area (Å²) in [5.41, 5.74) is 1.24. The number of thiazole rings is 1. The van der Waals surface area contributed by atoms with Gasteiger partial charge in [-0.3, -0.25) is 0 Å². The minimum absolute atomic E-state index is 0.564. The van der Waals surface area contributed by atoms with Crippen LogP contribution in [-0.2, 0) is 6.42 Å². The minimum atomic E-state index is 0.564. The first-order valence-corrected chi connectivity index (χ1v) is 5.71. The third-order valence-electron chi connectivity index (χ3n) is 1.98. The van der Waals surface area contributed by atoms with Gasteiger partial charge < -0.3 is 5.32 Å². The van der Waals surface area contributed by atoms with Gasteiger partial charge in [0.1, 0.15) is 0 Å². The summed E-state index contributed by atoms with van der Waals surface area (Å²) in [6.45, 7) is 5.45. The maximum atomic E-state index is 4.57. The number of hydrogen-bond acceptors (Lipinski definition) is 3. The van der Waals surface area contributed by atoms with Gasteiger partial charge in [0.15, 0.2) is 0 Å². The van der Waals surface area contributed by atoms with Crippen LogP contribution in [-0.4, -0.2) is 18.6 Å². The Morgan fingerprint density at radius 1 is 1.54 bits per heavy atom. The zero-order chi connectivity index (χ0) is 9.68. The van der Waals surface area contributed by atoms with Crippen LogP contribution in [0.2, 0.25) is 0 Å². The van der Waals surface area contributed by atoms with Gasteiger partial charge in [0, 0.05) is 11.8 Å². The monoisotopic (exact) mass is 198 g/mol. The molecule has 1 heterocycles. The van der Waals surface area contributed by atoms with Crippen molar-refractivity contribution in [3.63, 3.8) is 0 Å². The van der Waals surface area contributed by atoms with E-state index in [0.29, 0.717) is 5.92 Å². The highest BCUT2D eigenvalue weighted by molar-refractivity contribution is 7.09. The number of nitrogens with zero attached hydrogens (tertiary/aromatic N) is 1. The molecule has 0 spiro atoms. The van der Waals surface area contributed by atoms with Crippen molar-refractivity contribution >= 4 is 11.3 Å². The van der Waals surface area contributed by atoms with E-state index in [9.17, 15) is 0 Å². The van der Waals surface area contributed by atoms with Crippen molar-refractivity contribution < 1.29 is 0 Å². The number of aryl methyl sites for hydroxylation is 1. The predicted molar refractivity (Wildman–Crippen MR) is 58.5 cm³/mol. The molecular formula is C10H18N2S. The molecule has 0 saturated heterocycles. The normalized spacial score (nSPS) is 11.1. The highest BCUT2D eigenvalue weighted by Gasteiger charge is 2.04. The molecule has 0 fully saturated rings. The van der Waals surface area contributed by atoms with Crippen LogP contribution in [0.25, 0.3) is 0 Å². The first kappa shape index (κ1) is 10.7. The topological polar surface area (TPSA) is 24.9 Å². The summed E-state index contributed by atoms with van der Waals surface area (Å²) < 4.78 is 0. The molecule has 0 radical (unpaired) electrons. The first-order valence-electron chi connectivity index (χ1n) is 4.83. The lowest BCUT2D eigenvalue weighted by atomic mass is 10.2. The fourth-order valence-corrected chi connectivity index (χ4v) is 2.12. The molecule has 0 atom stereocenters. The summed E-state index contributed by atoms with van der Waals surface area (Å²) in [5.74, 6) is 0.564. The van der Waals surface area contributed by atoms with Crippen LogP contribution in [0.1, 0.15) is 36.9 Å². The summed E-state index contributed by atoms with van der Waals surface area (Å²) in [7, 11) is 1.99. The Bertz CT molecular complexity index is 243. The van der Waals surface area contributed by atoms with Gasteiger partial charge in [0.25, 0.3) is 0 Å². The summed E-state index contributed by atoms with van der Waals surface area (Å²) >= 11 is 1.79. The van der Waals surface area contributed by atoms with Gasteiger partial charge in [-0.15, -0.1) is 11.3 Å². The highest BCUT2D eigenvalue weighted by atomic mass is 32.1. The third-order valence-corrected chi connectivity index (χ3v) is 2.91. The molecule has 1 N–H and O–H groups in total. The Balaban J connectivity index is 2.40. The summed E-state index contributed by atoms with van der Waals surface area (Å²) in [6, 6.07) is 0. The number of rotatable bonds is 5. The molecule has 0 aliphatic rings. The smallest absolute Gasteiger partial charge is 0.0928 e. The summed E-state index contributed by atoms with van der Waals surface area (Å²) in [5, 5.41) is 6.60. The molecule has 0 aliphatic carbocycles. The Morgan fingerprint density at radius 3 is 2.85 bits per heavy atom. The second kappa shape index (κ2) is 5.35. The quantitative estimate of drug-likeness (QED) is 0.735. The van der Waals surface area contributed by atoms with E-state index < -0.39 is 0 Å². The van der Waals surface area contributed by atoms with Gasteiger partial charge in [-0.05, 0) is 25.9 Å². The molecule has 0 aromatic carbocycles. The van der Waals surface area contributed by atoms with Gasteiger partial charge in [-0.25, -0.2) is 4.98 Å². The average molecular weight is 198 g/mol. The molecule has 1 aromatic rings. The van der Waals surface area contributed by atoms with Gasteiger partial charge in [-0.1, -0.05) is 13.8 Å². The van der Waals surface area contributed by atoms with Crippen molar-refractivity contribution in [2.75, 3.05) is 13.6 Å². The van der Waals surface area contributed by atoms with Crippen molar-refractivity contribution in [3.05, 3.63) is 16.1 Å². The Morgan fingerprint density at radius 2 is 2.31 bits per heavy atom. The first-order chi connectivity index (χ1) is 6.24. The number of aromatic nitrogens is 1. The van der Waals surface area contributed by atoms with Gasteiger partial charge in [0.05, 0.1) is 10.7 Å². The molecule has 0 bridgehead atoms. The van der Waals surface area contributed by atoms with E-state index in [1.54, 1.807) is 11.3 Å². The van der Waals surface area contributed by atoms with Gasteiger partial charge >= 0.3 is 0 Å². The molecule has 74 valence electrons. The second-order valence-electron chi connectivity index (χ2n) is 3.53. The van der Waals surface area contributed by atoms with E-state index in [2.05, 4.69) is 29.5 Å². The standard InChI is InChI=1S/C10H18N2S/c1-8(2)9-7-13-10(12-9)5-4-6-11-3/h7-8,11H,4-6H2,1-3H3. The number of hydrogen-bond donors (Lipinski definition) is 1. The third kappa shape index (κ3) is 3.44. The SMILES string of the molecule is CNCCCc1nc(C(C)C)cs1. The Labute approximate surface area is 84.4 Å². The van der Waals surface area contributed by atoms with Crippen LogP contribution in [0.5, 0.6) is 0 Å². The van der Waals surface area contributed by atoms with Crippen LogP contribution in [0.15, 0.2) is 5.38 Å². The Hall–Kier alpha value is -0.410. The van der Waals surface area contributed by atoms with Crippen LogP contribution in [0.3, 0.4) is 0 Å². The van der Waals surface area contributed by atoms with Crippen LogP contribution in [0, 0.1) is 0 Å². The molecule has 1 aromatic heterocycles. The fourth-order valence-electron chi connectivity index (χ4n) is 1.12. The molecule has 0 unspecified atom stereocenters. The maximum Gasteiger partial charge on any atom is 0.0928 e. The van der Waals surface area contributed by atoms with Crippen LogP contribution in [0.4, 0.5) is 0 Å². The van der Waals surface area contributed by atoms with E-state index >= 15 is 0 Å². The summed E-state index contributed by atoms with van der Waals surface area (Å²) in [4.78, 5) is 4.57. The van der Waals surface area contributed by atoms with E-state index in [1.807, 2.05) is 7.05 Å². The molecule has 0 aliphatic heterocycles. The lowest BCUT2D eigenvalue weighted by Gasteiger charge is -1.98. The molecule has 0 amide bonds. The van der Waals surface area contributed by atoms with Crippen LogP contribution < -0.4 is 5.32 Å². The van der Waals surface area contributed by atoms with E-state index in [4.69, 9.17) is 0 Å². The molecular weight excluding hydrogens is 180 g/mol. The zero-order valence-corrected chi connectivity index (χ0v) is 9.45. The molecule has 3 heteroatoms. The predicted octanol–water partition coefficient (Wildman–Crippen LogP) is 2.42. The molecule has 0 saturated carbocycles. The van der Waals surface area contributed by atoms with Crippen molar-refractivity contribution in [3.8, 4) is 0 Å². The second-order valence-corrected chi connectivity index (χ2v) is 4.47. The van der Waals surface area contributed by atoms with Crippen molar-refractivity contribution in [2.24, 2.45) is 0 Å². The molecule has 13 heavy (non-hydrogen) atoms. The lowest BCUT2D eigenvalue weighted by Crippen LogP contribution is -2.08. The van der Waals surface area contributed by atoms with E-state index in [1.165, 1.54) is 17.1 Å². The summed E-state index contributed by atoms with van der Waals surface area (Å²) in [6.07, 6.45) is 2.29. The van der Waals surface area contributed by atoms with Crippen LogP contribution >= 0.6 is 11.3 Å². The fraction of sp³-hybridized carbons (Fsp3) is 0.700. The number of nitrogens with one attached hydrogen (secondary N) is 1.